The Morgan fingerprint density at radius 1 is 1.26 bits per heavy atom. The van der Waals surface area contributed by atoms with Gasteiger partial charge in [0.1, 0.15) is 11.5 Å². The number of nitrogens with zero attached hydrogens (tertiary/aromatic N) is 1. The molecule has 4 heteroatoms. The lowest BCUT2D eigenvalue weighted by atomic mass is 10.1. The van der Waals surface area contributed by atoms with Crippen molar-refractivity contribution in [3.63, 3.8) is 0 Å². The van der Waals surface area contributed by atoms with Crippen molar-refractivity contribution in [2.45, 2.75) is 13.5 Å². The number of benzene rings is 2. The van der Waals surface area contributed by atoms with E-state index in [9.17, 15) is 5.11 Å². The summed E-state index contributed by atoms with van der Waals surface area (Å²) in [5, 5.41) is 18.4. The Balaban J connectivity index is 2.29. The normalized spacial score (nSPS) is 10.0. The number of hydrogen-bond donors (Lipinski definition) is 1. The van der Waals surface area contributed by atoms with Crippen LogP contribution in [0.1, 0.15) is 16.7 Å². The zero-order valence-electron chi connectivity index (χ0n) is 10.4. The molecule has 0 aliphatic heterocycles. The van der Waals surface area contributed by atoms with Crippen LogP contribution in [-0.2, 0) is 6.61 Å². The molecule has 0 atom stereocenters. The van der Waals surface area contributed by atoms with Gasteiger partial charge in [0, 0.05) is 0 Å². The molecule has 0 unspecified atom stereocenters. The third-order valence-corrected chi connectivity index (χ3v) is 3.08. The molecular weight excluding hydrogens is 262 g/mol. The molecule has 0 aliphatic rings. The van der Waals surface area contributed by atoms with Gasteiger partial charge in [0.25, 0.3) is 0 Å². The van der Waals surface area contributed by atoms with Crippen molar-refractivity contribution in [2.75, 3.05) is 0 Å². The first-order valence-electron chi connectivity index (χ1n) is 5.72. The Kier molecular flexibility index (Phi) is 4.06. The summed E-state index contributed by atoms with van der Waals surface area (Å²) < 4.78 is 5.65. The minimum Gasteiger partial charge on any atom is -0.456 e. The molecule has 3 nitrogen and oxygen atoms in total. The van der Waals surface area contributed by atoms with Gasteiger partial charge in [-0.15, -0.1) is 0 Å². The van der Waals surface area contributed by atoms with Crippen LogP contribution in [0.2, 0.25) is 5.02 Å². The minimum atomic E-state index is -0.0376. The lowest BCUT2D eigenvalue weighted by molar-refractivity contribution is 0.280. The fraction of sp³-hybridized carbons (Fsp3) is 0.133. The predicted molar refractivity (Wildman–Crippen MR) is 73.3 cm³/mol. The van der Waals surface area contributed by atoms with Crippen LogP contribution in [0.4, 0.5) is 0 Å². The highest BCUT2D eigenvalue weighted by atomic mass is 35.5. The molecule has 19 heavy (non-hydrogen) atoms. The first-order chi connectivity index (χ1) is 9.13. The van der Waals surface area contributed by atoms with E-state index in [1.165, 1.54) is 0 Å². The minimum absolute atomic E-state index is 0.0376. The molecule has 0 spiro atoms. The van der Waals surface area contributed by atoms with Crippen molar-refractivity contribution in [2.24, 2.45) is 0 Å². The van der Waals surface area contributed by atoms with Crippen molar-refractivity contribution in [1.82, 2.24) is 0 Å². The fourth-order valence-electron chi connectivity index (χ4n) is 1.66. The Morgan fingerprint density at radius 2 is 2.05 bits per heavy atom. The second-order valence-electron chi connectivity index (χ2n) is 4.11. The standard InChI is InChI=1S/C15H12ClNO2/c1-10-2-4-13(7-12(10)9-18)19-15-5-3-11(8-17)6-14(15)16/h2-7,18H,9H2,1H3. The number of aliphatic hydroxyl groups excluding tert-OH is 1. The molecule has 0 fully saturated rings. The van der Waals surface area contributed by atoms with E-state index in [0.717, 1.165) is 11.1 Å². The average Bonchev–Trinajstić information content (AvgIpc) is 2.43. The molecule has 2 aromatic carbocycles. The van der Waals surface area contributed by atoms with Gasteiger partial charge in [0.05, 0.1) is 23.3 Å². The quantitative estimate of drug-likeness (QED) is 0.925. The van der Waals surface area contributed by atoms with E-state index in [0.29, 0.717) is 22.1 Å². The number of aryl methyl sites for hydroxylation is 1. The molecular formula is C15H12ClNO2. The SMILES string of the molecule is Cc1ccc(Oc2ccc(C#N)cc2Cl)cc1CO. The van der Waals surface area contributed by atoms with Gasteiger partial charge >= 0.3 is 0 Å². The van der Waals surface area contributed by atoms with Crippen LogP contribution < -0.4 is 4.74 Å². The lowest BCUT2D eigenvalue weighted by Gasteiger charge is -2.10. The maximum Gasteiger partial charge on any atom is 0.146 e. The Labute approximate surface area is 116 Å². The number of nitriles is 1. The Morgan fingerprint density at radius 3 is 2.68 bits per heavy atom. The van der Waals surface area contributed by atoms with Gasteiger partial charge in [-0.3, -0.25) is 0 Å². The molecule has 0 bridgehead atoms. The summed E-state index contributed by atoms with van der Waals surface area (Å²) in [5.74, 6) is 1.08. The van der Waals surface area contributed by atoms with Crippen molar-refractivity contribution >= 4 is 11.6 Å². The van der Waals surface area contributed by atoms with E-state index in [1.807, 2.05) is 25.1 Å². The molecule has 0 saturated heterocycles. The van der Waals surface area contributed by atoms with Crippen molar-refractivity contribution in [3.8, 4) is 17.6 Å². The van der Waals surface area contributed by atoms with Gasteiger partial charge in [-0.2, -0.15) is 5.26 Å². The highest BCUT2D eigenvalue weighted by molar-refractivity contribution is 6.32. The van der Waals surface area contributed by atoms with Crippen LogP contribution >= 0.6 is 11.6 Å². The van der Waals surface area contributed by atoms with E-state index in [4.69, 9.17) is 21.6 Å². The maximum absolute atomic E-state index is 9.21. The Bertz CT molecular complexity index is 647. The van der Waals surface area contributed by atoms with Gasteiger partial charge in [-0.1, -0.05) is 17.7 Å². The van der Waals surface area contributed by atoms with Crippen LogP contribution in [0.5, 0.6) is 11.5 Å². The second-order valence-corrected chi connectivity index (χ2v) is 4.51. The van der Waals surface area contributed by atoms with Crippen LogP contribution in [0.25, 0.3) is 0 Å². The summed E-state index contributed by atoms with van der Waals surface area (Å²) >= 11 is 6.04. The van der Waals surface area contributed by atoms with Gasteiger partial charge in [0.2, 0.25) is 0 Å². The van der Waals surface area contributed by atoms with Crippen LogP contribution in [0.15, 0.2) is 36.4 Å². The molecule has 0 aliphatic carbocycles. The average molecular weight is 274 g/mol. The molecule has 1 N–H and O–H groups in total. The van der Waals surface area contributed by atoms with Crippen LogP contribution in [0, 0.1) is 18.3 Å². The third-order valence-electron chi connectivity index (χ3n) is 2.78. The second kappa shape index (κ2) is 5.75. The van der Waals surface area contributed by atoms with Crippen molar-refractivity contribution in [3.05, 3.63) is 58.1 Å². The first kappa shape index (κ1) is 13.4. The van der Waals surface area contributed by atoms with E-state index in [2.05, 4.69) is 0 Å². The van der Waals surface area contributed by atoms with Gasteiger partial charge < -0.3 is 9.84 Å². The summed E-state index contributed by atoms with van der Waals surface area (Å²) in [6, 6.07) is 12.3. The number of ether oxygens (including phenoxy) is 1. The lowest BCUT2D eigenvalue weighted by Crippen LogP contribution is -1.91. The maximum atomic E-state index is 9.21. The van der Waals surface area contributed by atoms with Crippen LogP contribution in [0.3, 0.4) is 0 Å². The predicted octanol–water partition coefficient (Wildman–Crippen LogP) is 3.80. The molecule has 0 heterocycles. The fourth-order valence-corrected chi connectivity index (χ4v) is 1.88. The van der Waals surface area contributed by atoms with Gasteiger partial charge in [-0.05, 0) is 48.4 Å². The number of aliphatic hydroxyl groups is 1. The molecule has 0 radical (unpaired) electrons. The molecule has 0 saturated carbocycles. The van der Waals surface area contributed by atoms with Gasteiger partial charge in [-0.25, -0.2) is 0 Å². The number of halogens is 1. The largest absolute Gasteiger partial charge is 0.456 e. The van der Waals surface area contributed by atoms with E-state index >= 15 is 0 Å². The molecule has 96 valence electrons. The van der Waals surface area contributed by atoms with Gasteiger partial charge in [0.15, 0.2) is 0 Å². The molecule has 2 aromatic rings. The topological polar surface area (TPSA) is 53.2 Å². The summed E-state index contributed by atoms with van der Waals surface area (Å²) in [6.45, 7) is 1.88. The smallest absolute Gasteiger partial charge is 0.146 e. The van der Waals surface area contributed by atoms with Crippen LogP contribution in [-0.4, -0.2) is 5.11 Å². The van der Waals surface area contributed by atoms with E-state index in [1.54, 1.807) is 24.3 Å². The molecule has 2 rings (SSSR count). The van der Waals surface area contributed by atoms with E-state index < -0.39 is 0 Å². The van der Waals surface area contributed by atoms with Crippen molar-refractivity contribution < 1.29 is 9.84 Å². The number of hydrogen-bond acceptors (Lipinski definition) is 3. The highest BCUT2D eigenvalue weighted by Crippen LogP contribution is 2.30. The number of rotatable bonds is 3. The molecule has 0 amide bonds. The third kappa shape index (κ3) is 3.05. The summed E-state index contributed by atoms with van der Waals surface area (Å²) in [5.41, 5.74) is 2.29. The van der Waals surface area contributed by atoms with Crippen molar-refractivity contribution in [1.29, 1.82) is 5.26 Å². The summed E-state index contributed by atoms with van der Waals surface area (Å²) in [7, 11) is 0. The Hall–Kier alpha value is -2.02. The first-order valence-corrected chi connectivity index (χ1v) is 6.09. The van der Waals surface area contributed by atoms with E-state index in [-0.39, 0.29) is 6.61 Å². The monoisotopic (exact) mass is 273 g/mol. The summed E-state index contributed by atoms with van der Waals surface area (Å²) in [6.07, 6.45) is 0. The summed E-state index contributed by atoms with van der Waals surface area (Å²) in [4.78, 5) is 0. The highest BCUT2D eigenvalue weighted by Gasteiger charge is 2.06. The zero-order chi connectivity index (χ0) is 13.8. The zero-order valence-corrected chi connectivity index (χ0v) is 11.1. The molecule has 0 aromatic heterocycles.